The summed E-state index contributed by atoms with van der Waals surface area (Å²) in [5.41, 5.74) is 1.79. The van der Waals surface area contributed by atoms with Crippen molar-refractivity contribution in [3.8, 4) is 17.2 Å². The van der Waals surface area contributed by atoms with Crippen LogP contribution < -0.4 is 19.5 Å². The maximum absolute atomic E-state index is 12.1. The number of ether oxygens (including phenoxy) is 3. The number of carbonyl (C=O) groups is 1. The number of methoxy groups -OCH3 is 3. The molecule has 24 heavy (non-hydrogen) atoms. The lowest BCUT2D eigenvalue weighted by molar-refractivity contribution is -0.116. The highest BCUT2D eigenvalue weighted by atomic mass is 16.5. The summed E-state index contributed by atoms with van der Waals surface area (Å²) >= 11 is 0. The molecule has 2 aromatic rings. The van der Waals surface area contributed by atoms with Crippen molar-refractivity contribution in [1.29, 1.82) is 0 Å². The first kappa shape index (κ1) is 17.7. The van der Waals surface area contributed by atoms with Gasteiger partial charge < -0.3 is 19.5 Å². The van der Waals surface area contributed by atoms with Gasteiger partial charge in [-0.25, -0.2) is 0 Å². The Kier molecular flexibility index (Phi) is 5.68. The summed E-state index contributed by atoms with van der Waals surface area (Å²) in [6.45, 7) is 1.88. The van der Waals surface area contributed by atoms with Crippen LogP contribution in [0.3, 0.4) is 0 Å². The van der Waals surface area contributed by atoms with E-state index in [0.717, 1.165) is 11.3 Å². The minimum absolute atomic E-state index is 0.0771. The van der Waals surface area contributed by atoms with E-state index >= 15 is 0 Å². The lowest BCUT2D eigenvalue weighted by atomic mass is 10.1. The number of amides is 1. The number of aryl methyl sites for hydroxylation is 3. The molecule has 7 heteroatoms. The summed E-state index contributed by atoms with van der Waals surface area (Å²) in [6, 6.07) is 5.53. The lowest BCUT2D eigenvalue weighted by Gasteiger charge is -2.14. The quantitative estimate of drug-likeness (QED) is 0.842. The number of aromatic nitrogens is 2. The summed E-state index contributed by atoms with van der Waals surface area (Å²) in [4.78, 5) is 12.1. The van der Waals surface area contributed by atoms with E-state index in [2.05, 4.69) is 10.4 Å². The van der Waals surface area contributed by atoms with E-state index in [4.69, 9.17) is 14.2 Å². The van der Waals surface area contributed by atoms with Crippen LogP contribution in [0.4, 0.5) is 5.82 Å². The fourth-order valence-electron chi connectivity index (χ4n) is 2.47. The van der Waals surface area contributed by atoms with Gasteiger partial charge in [0.1, 0.15) is 5.82 Å². The van der Waals surface area contributed by atoms with E-state index in [1.165, 1.54) is 0 Å². The number of hydrogen-bond acceptors (Lipinski definition) is 5. The topological polar surface area (TPSA) is 74.6 Å². The summed E-state index contributed by atoms with van der Waals surface area (Å²) in [6.07, 6.45) is 0.891. The fourth-order valence-corrected chi connectivity index (χ4v) is 2.47. The molecule has 0 saturated carbocycles. The molecule has 1 heterocycles. The lowest BCUT2D eigenvalue weighted by Crippen LogP contribution is -2.15. The molecule has 130 valence electrons. The van der Waals surface area contributed by atoms with Gasteiger partial charge in [0, 0.05) is 19.5 Å². The predicted molar refractivity (Wildman–Crippen MR) is 91.0 cm³/mol. The Hall–Kier alpha value is -2.70. The Morgan fingerprint density at radius 3 is 2.21 bits per heavy atom. The highest BCUT2D eigenvalue weighted by Gasteiger charge is 2.14. The van der Waals surface area contributed by atoms with Crippen LogP contribution in [-0.4, -0.2) is 37.0 Å². The van der Waals surface area contributed by atoms with Crippen LogP contribution >= 0.6 is 0 Å². The third-order valence-electron chi connectivity index (χ3n) is 3.63. The summed E-state index contributed by atoms with van der Waals surface area (Å²) in [5, 5.41) is 7.06. The zero-order valence-corrected chi connectivity index (χ0v) is 14.7. The third kappa shape index (κ3) is 3.98. The van der Waals surface area contributed by atoms with E-state index < -0.39 is 0 Å². The number of carbonyl (C=O) groups excluding carboxylic acids is 1. The molecule has 1 amide bonds. The molecule has 0 aliphatic carbocycles. The second-order valence-corrected chi connectivity index (χ2v) is 5.38. The van der Waals surface area contributed by atoms with Gasteiger partial charge in [-0.1, -0.05) is 0 Å². The standard InChI is InChI=1S/C17H23N3O4/c1-11-8-15(20(2)19-11)18-16(21)7-6-12-9-13(22-3)17(24-5)14(10-12)23-4/h8-10H,6-7H2,1-5H3,(H,18,21). The molecular formula is C17H23N3O4. The number of benzene rings is 1. The first-order chi connectivity index (χ1) is 11.5. The van der Waals surface area contributed by atoms with Crippen LogP contribution in [0, 0.1) is 6.92 Å². The average Bonchev–Trinajstić information content (AvgIpc) is 2.88. The van der Waals surface area contributed by atoms with Crippen molar-refractivity contribution >= 4 is 11.7 Å². The Morgan fingerprint density at radius 2 is 1.75 bits per heavy atom. The van der Waals surface area contributed by atoms with E-state index in [0.29, 0.717) is 35.9 Å². The summed E-state index contributed by atoms with van der Waals surface area (Å²) in [7, 11) is 6.49. The molecule has 1 aromatic heterocycles. The maximum atomic E-state index is 12.1. The minimum atomic E-state index is -0.0771. The van der Waals surface area contributed by atoms with Crippen LogP contribution in [0.5, 0.6) is 17.2 Å². The van der Waals surface area contributed by atoms with Crippen LogP contribution in [-0.2, 0) is 18.3 Å². The molecule has 0 fully saturated rings. The van der Waals surface area contributed by atoms with Crippen molar-refractivity contribution < 1.29 is 19.0 Å². The van der Waals surface area contributed by atoms with Gasteiger partial charge in [0.25, 0.3) is 0 Å². The SMILES string of the molecule is COc1cc(CCC(=O)Nc2cc(C)nn2C)cc(OC)c1OC. The molecule has 0 aliphatic heterocycles. The summed E-state index contributed by atoms with van der Waals surface area (Å²) in [5.74, 6) is 2.30. The zero-order valence-electron chi connectivity index (χ0n) is 14.7. The van der Waals surface area contributed by atoms with E-state index in [1.807, 2.05) is 25.1 Å². The highest BCUT2D eigenvalue weighted by Crippen LogP contribution is 2.38. The van der Waals surface area contributed by atoms with E-state index in [-0.39, 0.29) is 5.91 Å². The first-order valence-corrected chi connectivity index (χ1v) is 7.57. The highest BCUT2D eigenvalue weighted by molar-refractivity contribution is 5.90. The van der Waals surface area contributed by atoms with Gasteiger partial charge in [-0.2, -0.15) is 5.10 Å². The normalized spacial score (nSPS) is 10.4. The largest absolute Gasteiger partial charge is 0.493 e. The third-order valence-corrected chi connectivity index (χ3v) is 3.63. The van der Waals surface area contributed by atoms with Gasteiger partial charge in [-0.3, -0.25) is 9.48 Å². The summed E-state index contributed by atoms with van der Waals surface area (Å²) < 4.78 is 17.6. The molecule has 0 spiro atoms. The van der Waals surface area contributed by atoms with Gasteiger partial charge in [0.2, 0.25) is 11.7 Å². The number of rotatable bonds is 7. The minimum Gasteiger partial charge on any atom is -0.493 e. The Morgan fingerprint density at radius 1 is 1.12 bits per heavy atom. The maximum Gasteiger partial charge on any atom is 0.225 e. The van der Waals surface area contributed by atoms with Gasteiger partial charge in [0.05, 0.1) is 27.0 Å². The smallest absolute Gasteiger partial charge is 0.225 e. The van der Waals surface area contributed by atoms with Crippen molar-refractivity contribution in [3.63, 3.8) is 0 Å². The fraction of sp³-hybridized carbons (Fsp3) is 0.412. The van der Waals surface area contributed by atoms with Crippen molar-refractivity contribution in [1.82, 2.24) is 9.78 Å². The van der Waals surface area contributed by atoms with E-state index in [9.17, 15) is 4.79 Å². The first-order valence-electron chi connectivity index (χ1n) is 7.57. The van der Waals surface area contributed by atoms with Crippen molar-refractivity contribution in [2.45, 2.75) is 19.8 Å². The zero-order chi connectivity index (χ0) is 17.7. The molecule has 0 atom stereocenters. The van der Waals surface area contributed by atoms with Gasteiger partial charge >= 0.3 is 0 Å². The van der Waals surface area contributed by atoms with Crippen LogP contribution in [0.1, 0.15) is 17.7 Å². The Bertz CT molecular complexity index is 700. The molecule has 0 bridgehead atoms. The second kappa shape index (κ2) is 7.72. The van der Waals surface area contributed by atoms with Crippen molar-refractivity contribution in [2.75, 3.05) is 26.6 Å². The van der Waals surface area contributed by atoms with Crippen molar-refractivity contribution in [2.24, 2.45) is 7.05 Å². The molecule has 7 nitrogen and oxygen atoms in total. The Labute approximate surface area is 141 Å². The monoisotopic (exact) mass is 333 g/mol. The number of nitrogens with zero attached hydrogens (tertiary/aromatic N) is 2. The molecule has 0 aliphatic rings. The Balaban J connectivity index is 2.05. The second-order valence-electron chi connectivity index (χ2n) is 5.38. The number of nitrogens with one attached hydrogen (secondary N) is 1. The number of anilines is 1. The molecule has 0 saturated heterocycles. The molecule has 0 radical (unpaired) electrons. The number of hydrogen-bond donors (Lipinski definition) is 1. The van der Waals surface area contributed by atoms with E-state index in [1.54, 1.807) is 33.1 Å². The van der Waals surface area contributed by atoms with Crippen LogP contribution in [0.2, 0.25) is 0 Å². The van der Waals surface area contributed by atoms with Crippen LogP contribution in [0.15, 0.2) is 18.2 Å². The average molecular weight is 333 g/mol. The van der Waals surface area contributed by atoms with Crippen molar-refractivity contribution in [3.05, 3.63) is 29.5 Å². The van der Waals surface area contributed by atoms with Crippen LogP contribution in [0.25, 0.3) is 0 Å². The molecule has 0 unspecified atom stereocenters. The van der Waals surface area contributed by atoms with Gasteiger partial charge in [0.15, 0.2) is 11.5 Å². The molecule has 1 aromatic carbocycles. The van der Waals surface area contributed by atoms with Gasteiger partial charge in [-0.05, 0) is 31.0 Å². The molecule has 1 N–H and O–H groups in total. The predicted octanol–water partition coefficient (Wildman–Crippen LogP) is 2.33. The molecular weight excluding hydrogens is 310 g/mol. The van der Waals surface area contributed by atoms with Gasteiger partial charge in [-0.15, -0.1) is 0 Å². The molecule has 2 rings (SSSR count).